The van der Waals surface area contributed by atoms with Gasteiger partial charge in [0.25, 0.3) is 0 Å². The summed E-state index contributed by atoms with van der Waals surface area (Å²) in [6.45, 7) is 26.9. The molecule has 0 aromatic carbocycles. The molecule has 0 amide bonds. The Balaban J connectivity index is 1.12. The van der Waals surface area contributed by atoms with Crippen molar-refractivity contribution < 1.29 is 0 Å². The molecule has 0 bridgehead atoms. The Morgan fingerprint density at radius 1 is 0.407 bits per heavy atom. The topological polar surface area (TPSA) is 0 Å². The Hall–Kier alpha value is 0.217. The van der Waals surface area contributed by atoms with Crippen molar-refractivity contribution in [3.05, 3.63) is 0 Å². The van der Waals surface area contributed by atoms with Gasteiger partial charge in [0.15, 0.2) is 0 Å². The van der Waals surface area contributed by atoms with Gasteiger partial charge in [-0.15, -0.1) is 0 Å². The molecule has 8 aliphatic rings. The van der Waals surface area contributed by atoms with Crippen LogP contribution in [0.25, 0.3) is 0 Å². The molecule has 1 heteroatoms. The molecule has 0 saturated heterocycles. The molecule has 0 aliphatic heterocycles. The molecule has 0 radical (unpaired) electrons. The second kappa shape index (κ2) is 18.2. The van der Waals surface area contributed by atoms with Crippen molar-refractivity contribution in [2.75, 3.05) is 0 Å². The van der Waals surface area contributed by atoms with Crippen LogP contribution in [-0.4, -0.2) is 8.07 Å². The van der Waals surface area contributed by atoms with Gasteiger partial charge in [-0.05, 0) is 219 Å². The second-order valence-electron chi connectivity index (χ2n) is 27.9. The molecule has 8 fully saturated rings. The average Bonchev–Trinajstić information content (AvgIpc) is 3.79. The van der Waals surface area contributed by atoms with Gasteiger partial charge >= 0.3 is 0 Å². The van der Waals surface area contributed by atoms with E-state index in [2.05, 4.69) is 68.5 Å². The summed E-state index contributed by atoms with van der Waals surface area (Å²) in [5, 5.41) is 0. The van der Waals surface area contributed by atoms with Gasteiger partial charge in [0.2, 0.25) is 0 Å². The molecule has 59 heavy (non-hydrogen) atoms. The van der Waals surface area contributed by atoms with Crippen molar-refractivity contribution >= 4 is 8.07 Å². The van der Waals surface area contributed by atoms with E-state index >= 15 is 0 Å². The fourth-order valence-corrected chi connectivity index (χ4v) is 26.4. The minimum absolute atomic E-state index is 0.501. The van der Waals surface area contributed by atoms with Crippen molar-refractivity contribution in [2.24, 2.45) is 92.7 Å². The molecule has 0 nitrogen and oxygen atoms in total. The third kappa shape index (κ3) is 9.36. The Morgan fingerprint density at radius 2 is 0.746 bits per heavy atom. The van der Waals surface area contributed by atoms with Crippen LogP contribution in [0.2, 0.25) is 24.2 Å². The van der Waals surface area contributed by atoms with Crippen LogP contribution in [-0.2, 0) is 0 Å². The van der Waals surface area contributed by atoms with Gasteiger partial charge in [0.1, 0.15) is 0 Å². The number of fused-ring (bicyclic) bond motifs is 2. The molecule has 10 unspecified atom stereocenters. The van der Waals surface area contributed by atoms with E-state index in [0.29, 0.717) is 21.7 Å². The van der Waals surface area contributed by atoms with E-state index in [9.17, 15) is 0 Å². The third-order valence-electron chi connectivity index (χ3n) is 23.1. The van der Waals surface area contributed by atoms with Gasteiger partial charge < -0.3 is 0 Å². The minimum Gasteiger partial charge on any atom is -0.0689 e. The van der Waals surface area contributed by atoms with E-state index in [1.54, 1.807) is 116 Å². The summed E-state index contributed by atoms with van der Waals surface area (Å²) >= 11 is 0. The predicted octanol–water partition coefficient (Wildman–Crippen LogP) is 18.7. The van der Waals surface area contributed by atoms with Gasteiger partial charge in [-0.25, -0.2) is 0 Å². The first kappa shape index (κ1) is 45.8. The van der Waals surface area contributed by atoms with Crippen LogP contribution < -0.4 is 0 Å². The largest absolute Gasteiger partial charge is 0.0689 e. The average molecular weight is 830 g/mol. The van der Waals surface area contributed by atoms with Gasteiger partial charge in [-0.3, -0.25) is 0 Å². The maximum absolute atomic E-state index is 3.16. The molecule has 340 valence electrons. The van der Waals surface area contributed by atoms with Gasteiger partial charge in [0.05, 0.1) is 8.07 Å². The standard InChI is InChI=1S/C58H104Si/c1-11-57(33-15-13-16-34-57)39-43-37-51-47(41-25-29-45(30-26-41)55(3,4)5)21-19-23-49(51)53(43)59(9,10)54-44(40-58(12-2)35-17-14-18-36-58)38-52-48(22-20-24-50(52)54)42-27-31-46(32-28-42)56(6,7)8/h41-54H,11-40H2,1-10H3. The first-order valence-corrected chi connectivity index (χ1v) is 31.2. The summed E-state index contributed by atoms with van der Waals surface area (Å²) in [5.74, 6) is 12.6. The van der Waals surface area contributed by atoms with Gasteiger partial charge in [-0.2, -0.15) is 0 Å². The van der Waals surface area contributed by atoms with Crippen LogP contribution in [0.15, 0.2) is 0 Å². The highest BCUT2D eigenvalue weighted by Crippen LogP contribution is 2.70. The van der Waals surface area contributed by atoms with Gasteiger partial charge in [0, 0.05) is 0 Å². The maximum atomic E-state index is 3.16. The second-order valence-corrected chi connectivity index (χ2v) is 32.9. The van der Waals surface area contributed by atoms with Crippen LogP contribution in [0.1, 0.15) is 248 Å². The first-order chi connectivity index (χ1) is 28.1. The fourth-order valence-electron chi connectivity index (χ4n) is 20.0. The molecule has 10 atom stereocenters. The minimum atomic E-state index is -1.67. The van der Waals surface area contributed by atoms with Crippen LogP contribution in [0, 0.1) is 92.7 Å². The molecule has 0 aromatic heterocycles. The lowest BCUT2D eigenvalue weighted by Crippen LogP contribution is -2.49. The SMILES string of the molecule is CCC1(CC2CC3C(C4CCC(C(C)(C)C)CC4)CCCC3C2[Si](C)(C)C2C(CC3(CC)CCCCC3)CC3C(C4CCC(C(C)(C)C)CC4)CCCC32)CCCCC1. The van der Waals surface area contributed by atoms with E-state index in [4.69, 9.17) is 0 Å². The van der Waals surface area contributed by atoms with E-state index < -0.39 is 8.07 Å². The predicted molar refractivity (Wildman–Crippen MR) is 260 cm³/mol. The quantitative estimate of drug-likeness (QED) is 0.192. The van der Waals surface area contributed by atoms with Crippen molar-refractivity contribution in [3.8, 4) is 0 Å². The summed E-state index contributed by atoms with van der Waals surface area (Å²) in [7, 11) is -1.67. The van der Waals surface area contributed by atoms with Crippen molar-refractivity contribution in [2.45, 2.75) is 272 Å². The zero-order valence-electron chi connectivity index (χ0n) is 41.8. The smallest absolute Gasteiger partial charge is 0.0547 e. The Morgan fingerprint density at radius 3 is 1.07 bits per heavy atom. The molecule has 0 spiro atoms. The van der Waals surface area contributed by atoms with E-state index in [1.807, 2.05) is 0 Å². The highest BCUT2D eigenvalue weighted by atomic mass is 28.3. The Labute approximate surface area is 371 Å². The van der Waals surface area contributed by atoms with Gasteiger partial charge in [-0.1, -0.05) is 146 Å². The lowest BCUT2D eigenvalue weighted by molar-refractivity contribution is 0.0618. The fraction of sp³-hybridized carbons (Fsp3) is 1.00. The number of rotatable bonds is 10. The molecule has 8 rings (SSSR count). The highest BCUT2D eigenvalue weighted by Gasteiger charge is 2.63. The van der Waals surface area contributed by atoms with Crippen molar-refractivity contribution in [3.63, 3.8) is 0 Å². The van der Waals surface area contributed by atoms with Crippen LogP contribution in [0.5, 0.6) is 0 Å². The highest BCUT2D eigenvalue weighted by molar-refractivity contribution is 6.80. The lowest BCUT2D eigenvalue weighted by atomic mass is 9.61. The first-order valence-electron chi connectivity index (χ1n) is 28.1. The van der Waals surface area contributed by atoms with Crippen LogP contribution >= 0.6 is 0 Å². The maximum Gasteiger partial charge on any atom is 0.0547 e. The molecular weight excluding hydrogens is 725 g/mol. The van der Waals surface area contributed by atoms with E-state index in [1.165, 1.54) is 77.0 Å². The van der Waals surface area contributed by atoms with E-state index in [-0.39, 0.29) is 0 Å². The molecule has 0 N–H and O–H groups in total. The van der Waals surface area contributed by atoms with E-state index in [0.717, 1.165) is 82.1 Å². The van der Waals surface area contributed by atoms with Crippen molar-refractivity contribution in [1.29, 1.82) is 0 Å². The summed E-state index contributed by atoms with van der Waals surface area (Å²) < 4.78 is 0. The monoisotopic (exact) mass is 829 g/mol. The third-order valence-corrected chi connectivity index (χ3v) is 28.3. The Bertz CT molecular complexity index is 1210. The molecular formula is C58H104Si. The summed E-state index contributed by atoms with van der Waals surface area (Å²) in [5.41, 5.74) is 4.58. The van der Waals surface area contributed by atoms with Crippen LogP contribution in [0.4, 0.5) is 0 Å². The number of hydrogen-bond donors (Lipinski definition) is 0. The normalized spacial score (nSPS) is 43.2. The summed E-state index contributed by atoms with van der Waals surface area (Å²) in [6.07, 6.45) is 47.0. The molecule has 8 saturated carbocycles. The summed E-state index contributed by atoms with van der Waals surface area (Å²) in [4.78, 5) is 0. The summed E-state index contributed by atoms with van der Waals surface area (Å²) in [6, 6.07) is 0. The van der Waals surface area contributed by atoms with Crippen LogP contribution in [0.3, 0.4) is 0 Å². The lowest BCUT2D eigenvalue weighted by Gasteiger charge is -2.52. The number of hydrogen-bond acceptors (Lipinski definition) is 0. The molecule has 0 aromatic rings. The Kier molecular flexibility index (Phi) is 14.2. The zero-order chi connectivity index (χ0) is 41.8. The zero-order valence-corrected chi connectivity index (χ0v) is 42.8. The molecule has 8 aliphatic carbocycles. The molecule has 0 heterocycles. The van der Waals surface area contributed by atoms with Crippen molar-refractivity contribution in [1.82, 2.24) is 0 Å².